The summed E-state index contributed by atoms with van der Waals surface area (Å²) in [5, 5.41) is 2.75. The van der Waals surface area contributed by atoms with Gasteiger partial charge in [0.2, 0.25) is 0 Å². The second-order valence-electron chi connectivity index (χ2n) is 3.52. The van der Waals surface area contributed by atoms with E-state index in [0.717, 1.165) is 5.69 Å². The van der Waals surface area contributed by atoms with E-state index in [1.807, 2.05) is 60.7 Å². The Kier molecular flexibility index (Phi) is 5.41. The number of ether oxygens (including phenoxy) is 1. The van der Waals surface area contributed by atoms with Gasteiger partial charge in [0, 0.05) is 5.69 Å². The predicted octanol–water partition coefficient (Wildman–Crippen LogP) is 1.88. The molecule has 0 aliphatic carbocycles. The van der Waals surface area contributed by atoms with Gasteiger partial charge in [-0.05, 0) is 24.3 Å². The van der Waals surface area contributed by atoms with Crippen LogP contribution in [0.15, 0.2) is 60.7 Å². The number of benzene rings is 2. The first-order valence-electron chi connectivity index (χ1n) is 5.37. The zero-order valence-electron chi connectivity index (χ0n) is 9.80. The van der Waals surface area contributed by atoms with Gasteiger partial charge in [0.1, 0.15) is 5.75 Å². The Morgan fingerprint density at radius 2 is 1.50 bits per heavy atom. The zero-order chi connectivity index (χ0) is 11.9. The molecule has 0 aromatic heterocycles. The number of carbonyl (C=O) groups excluding carboxylic acids is 1. The standard InChI is InChI=1S/C14H13NO2.H2O/c16-14(15-12-7-3-1-4-8-12)11-17-13-9-5-2-6-10-13;/h1-10H,11H2,(H,15,16);1H2. The van der Waals surface area contributed by atoms with E-state index in [1.165, 1.54) is 0 Å². The van der Waals surface area contributed by atoms with Gasteiger partial charge in [0.05, 0.1) is 0 Å². The molecule has 18 heavy (non-hydrogen) atoms. The third kappa shape index (κ3) is 4.27. The summed E-state index contributed by atoms with van der Waals surface area (Å²) in [5.74, 6) is 0.524. The molecule has 0 radical (unpaired) electrons. The van der Waals surface area contributed by atoms with Gasteiger partial charge in [-0.25, -0.2) is 0 Å². The topological polar surface area (TPSA) is 69.8 Å². The van der Waals surface area contributed by atoms with E-state index in [4.69, 9.17) is 4.74 Å². The molecule has 2 rings (SSSR count). The maximum atomic E-state index is 11.5. The van der Waals surface area contributed by atoms with Gasteiger partial charge in [-0.15, -0.1) is 0 Å². The SMILES string of the molecule is O.O=C(COc1ccccc1)Nc1ccccc1. The summed E-state index contributed by atoms with van der Waals surface area (Å²) in [6.07, 6.45) is 0. The van der Waals surface area contributed by atoms with Gasteiger partial charge in [0.15, 0.2) is 6.61 Å². The highest BCUT2D eigenvalue weighted by Gasteiger charge is 2.02. The van der Waals surface area contributed by atoms with Gasteiger partial charge >= 0.3 is 0 Å². The summed E-state index contributed by atoms with van der Waals surface area (Å²) in [6, 6.07) is 18.6. The first-order chi connectivity index (χ1) is 8.34. The van der Waals surface area contributed by atoms with Crippen molar-refractivity contribution in [2.45, 2.75) is 0 Å². The molecule has 3 N–H and O–H groups in total. The molecule has 0 aliphatic heterocycles. The number of rotatable bonds is 4. The fourth-order valence-electron chi connectivity index (χ4n) is 1.38. The van der Waals surface area contributed by atoms with Crippen LogP contribution in [0.3, 0.4) is 0 Å². The Labute approximate surface area is 106 Å². The summed E-state index contributed by atoms with van der Waals surface area (Å²) in [4.78, 5) is 11.5. The molecule has 0 spiro atoms. The maximum Gasteiger partial charge on any atom is 0.262 e. The number of para-hydroxylation sites is 2. The Morgan fingerprint density at radius 3 is 2.11 bits per heavy atom. The molecular formula is C14H15NO3. The molecule has 4 heteroatoms. The fraction of sp³-hybridized carbons (Fsp3) is 0.0714. The molecule has 0 aliphatic rings. The van der Waals surface area contributed by atoms with Crippen LogP contribution in [0.2, 0.25) is 0 Å². The summed E-state index contributed by atoms with van der Waals surface area (Å²) < 4.78 is 5.33. The van der Waals surface area contributed by atoms with Crippen LogP contribution in [0.4, 0.5) is 5.69 Å². The number of anilines is 1. The number of carbonyl (C=O) groups is 1. The Balaban J connectivity index is 0.00000162. The van der Waals surface area contributed by atoms with E-state index in [1.54, 1.807) is 0 Å². The minimum Gasteiger partial charge on any atom is -0.484 e. The summed E-state index contributed by atoms with van der Waals surface area (Å²) >= 11 is 0. The van der Waals surface area contributed by atoms with E-state index in [2.05, 4.69) is 5.32 Å². The first kappa shape index (κ1) is 13.7. The van der Waals surface area contributed by atoms with Crippen LogP contribution < -0.4 is 10.1 Å². The molecule has 94 valence electrons. The zero-order valence-corrected chi connectivity index (χ0v) is 9.80. The molecule has 0 saturated carbocycles. The second kappa shape index (κ2) is 7.09. The molecule has 0 unspecified atom stereocenters. The van der Waals surface area contributed by atoms with E-state index in [9.17, 15) is 4.79 Å². The van der Waals surface area contributed by atoms with Gasteiger partial charge in [0.25, 0.3) is 5.91 Å². The Morgan fingerprint density at radius 1 is 0.944 bits per heavy atom. The van der Waals surface area contributed by atoms with Crippen LogP contribution >= 0.6 is 0 Å². The molecule has 2 aromatic rings. The summed E-state index contributed by atoms with van der Waals surface area (Å²) in [7, 11) is 0. The van der Waals surface area contributed by atoms with Gasteiger partial charge in [-0.2, -0.15) is 0 Å². The lowest BCUT2D eigenvalue weighted by Gasteiger charge is -2.06. The predicted molar refractivity (Wildman–Crippen MR) is 70.6 cm³/mol. The quantitative estimate of drug-likeness (QED) is 0.893. The van der Waals surface area contributed by atoms with Crippen LogP contribution in [-0.2, 0) is 4.79 Å². The fourth-order valence-corrected chi connectivity index (χ4v) is 1.38. The van der Waals surface area contributed by atoms with Crippen molar-refractivity contribution in [3.63, 3.8) is 0 Å². The number of hydrogen-bond donors (Lipinski definition) is 1. The van der Waals surface area contributed by atoms with E-state index < -0.39 is 0 Å². The molecule has 0 bridgehead atoms. The molecular weight excluding hydrogens is 230 g/mol. The van der Waals surface area contributed by atoms with Crippen molar-refractivity contribution in [3.05, 3.63) is 60.7 Å². The van der Waals surface area contributed by atoms with Gasteiger partial charge < -0.3 is 15.5 Å². The van der Waals surface area contributed by atoms with Crippen molar-refractivity contribution in [3.8, 4) is 5.75 Å². The normalized spacial score (nSPS) is 9.11. The lowest BCUT2D eigenvalue weighted by Crippen LogP contribution is -2.19. The molecule has 0 saturated heterocycles. The molecule has 0 atom stereocenters. The van der Waals surface area contributed by atoms with Crippen LogP contribution in [0.1, 0.15) is 0 Å². The highest BCUT2D eigenvalue weighted by atomic mass is 16.5. The van der Waals surface area contributed by atoms with Gasteiger partial charge in [-0.3, -0.25) is 4.79 Å². The second-order valence-corrected chi connectivity index (χ2v) is 3.52. The molecule has 2 aromatic carbocycles. The third-order valence-corrected chi connectivity index (χ3v) is 2.17. The van der Waals surface area contributed by atoms with E-state index in [0.29, 0.717) is 5.75 Å². The smallest absolute Gasteiger partial charge is 0.262 e. The van der Waals surface area contributed by atoms with Gasteiger partial charge in [-0.1, -0.05) is 36.4 Å². The highest BCUT2D eigenvalue weighted by Crippen LogP contribution is 2.09. The highest BCUT2D eigenvalue weighted by molar-refractivity contribution is 5.91. The first-order valence-corrected chi connectivity index (χ1v) is 5.37. The minimum absolute atomic E-state index is 0. The maximum absolute atomic E-state index is 11.5. The van der Waals surface area contributed by atoms with Crippen molar-refractivity contribution < 1.29 is 15.0 Å². The lowest BCUT2D eigenvalue weighted by atomic mass is 10.3. The minimum atomic E-state index is -0.167. The van der Waals surface area contributed by atoms with Crippen molar-refractivity contribution in [1.82, 2.24) is 0 Å². The van der Waals surface area contributed by atoms with Crippen molar-refractivity contribution in [2.24, 2.45) is 0 Å². The Bertz CT molecular complexity index is 471. The molecule has 0 heterocycles. The van der Waals surface area contributed by atoms with Crippen LogP contribution in [0, 0.1) is 0 Å². The Hall–Kier alpha value is -2.33. The van der Waals surface area contributed by atoms with Crippen molar-refractivity contribution in [2.75, 3.05) is 11.9 Å². The third-order valence-electron chi connectivity index (χ3n) is 2.17. The molecule has 4 nitrogen and oxygen atoms in total. The largest absolute Gasteiger partial charge is 0.484 e. The lowest BCUT2D eigenvalue weighted by molar-refractivity contribution is -0.118. The number of hydrogen-bond acceptors (Lipinski definition) is 2. The van der Waals surface area contributed by atoms with E-state index >= 15 is 0 Å². The summed E-state index contributed by atoms with van der Waals surface area (Å²) in [5.41, 5.74) is 0.772. The van der Waals surface area contributed by atoms with Crippen molar-refractivity contribution >= 4 is 11.6 Å². The number of amides is 1. The molecule has 0 fully saturated rings. The summed E-state index contributed by atoms with van der Waals surface area (Å²) in [6.45, 7) is 0.0128. The number of nitrogens with one attached hydrogen (secondary N) is 1. The van der Waals surface area contributed by atoms with Crippen LogP contribution in [0.25, 0.3) is 0 Å². The average molecular weight is 245 g/mol. The van der Waals surface area contributed by atoms with Crippen LogP contribution in [-0.4, -0.2) is 18.0 Å². The average Bonchev–Trinajstić information content (AvgIpc) is 2.39. The molecule has 1 amide bonds. The monoisotopic (exact) mass is 245 g/mol. The van der Waals surface area contributed by atoms with E-state index in [-0.39, 0.29) is 18.0 Å². The van der Waals surface area contributed by atoms with Crippen molar-refractivity contribution in [1.29, 1.82) is 0 Å². The van der Waals surface area contributed by atoms with Crippen LogP contribution in [0.5, 0.6) is 5.75 Å².